The van der Waals surface area contributed by atoms with E-state index in [0.717, 1.165) is 23.4 Å². The van der Waals surface area contributed by atoms with Crippen LogP contribution in [0.1, 0.15) is 13.3 Å². The molecule has 0 bridgehead atoms. The van der Waals surface area contributed by atoms with E-state index in [2.05, 4.69) is 11.9 Å². The largest absolute Gasteiger partial charge is 0.493 e. The van der Waals surface area contributed by atoms with Crippen molar-refractivity contribution in [3.8, 4) is 17.0 Å². The van der Waals surface area contributed by atoms with Crippen LogP contribution in [0.15, 0.2) is 47.3 Å². The topological polar surface area (TPSA) is 42.1 Å². The maximum Gasteiger partial charge on any atom is 0.248 e. The van der Waals surface area contributed by atoms with Crippen LogP contribution >= 0.6 is 0 Å². The van der Waals surface area contributed by atoms with Crippen molar-refractivity contribution in [1.82, 2.24) is 4.98 Å². The molecule has 2 aromatic rings. The monoisotopic (exact) mass is 229 g/mol. The number of nitrogens with one attached hydrogen (secondary N) is 1. The van der Waals surface area contributed by atoms with E-state index in [1.54, 1.807) is 6.07 Å². The quantitative estimate of drug-likeness (QED) is 0.875. The van der Waals surface area contributed by atoms with Crippen LogP contribution in [0.5, 0.6) is 5.75 Å². The van der Waals surface area contributed by atoms with E-state index in [-0.39, 0.29) is 5.56 Å². The first kappa shape index (κ1) is 11.5. The Morgan fingerprint density at radius 3 is 2.71 bits per heavy atom. The Kier molecular flexibility index (Phi) is 3.60. The standard InChI is InChI=1S/C14H15NO2/c1-2-10-17-13-8-4-3-6-11(13)12-7-5-9-14(16)15-12/h3-9H,2,10H2,1H3,(H,15,16). The van der Waals surface area contributed by atoms with Crippen molar-refractivity contribution in [2.24, 2.45) is 0 Å². The van der Waals surface area contributed by atoms with E-state index in [1.165, 1.54) is 6.07 Å². The SMILES string of the molecule is CCCOc1ccccc1-c1cccc(=O)[nH]1. The van der Waals surface area contributed by atoms with Crippen LogP contribution in [-0.4, -0.2) is 11.6 Å². The van der Waals surface area contributed by atoms with Gasteiger partial charge < -0.3 is 9.72 Å². The van der Waals surface area contributed by atoms with Gasteiger partial charge in [-0.15, -0.1) is 0 Å². The first-order valence-corrected chi connectivity index (χ1v) is 5.73. The fraction of sp³-hybridized carbons (Fsp3) is 0.214. The van der Waals surface area contributed by atoms with Crippen LogP contribution in [0.4, 0.5) is 0 Å². The van der Waals surface area contributed by atoms with E-state index in [4.69, 9.17) is 4.74 Å². The van der Waals surface area contributed by atoms with E-state index >= 15 is 0 Å². The zero-order valence-electron chi connectivity index (χ0n) is 9.77. The Balaban J connectivity index is 2.40. The maximum atomic E-state index is 11.3. The highest BCUT2D eigenvalue weighted by molar-refractivity contribution is 5.66. The predicted molar refractivity (Wildman–Crippen MR) is 68.3 cm³/mol. The number of benzene rings is 1. The summed E-state index contributed by atoms with van der Waals surface area (Å²) in [6.07, 6.45) is 0.958. The van der Waals surface area contributed by atoms with E-state index in [0.29, 0.717) is 6.61 Å². The molecule has 0 atom stereocenters. The summed E-state index contributed by atoms with van der Waals surface area (Å²) < 4.78 is 5.66. The van der Waals surface area contributed by atoms with Crippen molar-refractivity contribution in [2.45, 2.75) is 13.3 Å². The molecule has 1 N–H and O–H groups in total. The Morgan fingerprint density at radius 1 is 1.12 bits per heavy atom. The summed E-state index contributed by atoms with van der Waals surface area (Å²) in [5, 5.41) is 0. The number of hydrogen-bond donors (Lipinski definition) is 1. The number of para-hydroxylation sites is 1. The number of H-pyrrole nitrogens is 1. The van der Waals surface area contributed by atoms with Crippen LogP contribution in [-0.2, 0) is 0 Å². The lowest BCUT2D eigenvalue weighted by molar-refractivity contribution is 0.318. The summed E-state index contributed by atoms with van der Waals surface area (Å²) in [6.45, 7) is 2.74. The lowest BCUT2D eigenvalue weighted by Gasteiger charge is -2.10. The average Bonchev–Trinajstić information content (AvgIpc) is 2.37. The molecule has 1 aromatic heterocycles. The molecule has 88 valence electrons. The summed E-state index contributed by atoms with van der Waals surface area (Å²) >= 11 is 0. The van der Waals surface area contributed by atoms with Crippen molar-refractivity contribution in [1.29, 1.82) is 0 Å². The Bertz CT molecular complexity index is 546. The van der Waals surface area contributed by atoms with Gasteiger partial charge in [0.05, 0.1) is 12.3 Å². The van der Waals surface area contributed by atoms with Gasteiger partial charge in [0.2, 0.25) is 5.56 Å². The molecule has 0 amide bonds. The van der Waals surface area contributed by atoms with E-state index < -0.39 is 0 Å². The second-order valence-corrected chi connectivity index (χ2v) is 3.77. The molecule has 0 saturated heterocycles. The minimum absolute atomic E-state index is 0.104. The predicted octanol–water partition coefficient (Wildman–Crippen LogP) is 2.83. The van der Waals surface area contributed by atoms with Gasteiger partial charge in [-0.05, 0) is 24.6 Å². The third kappa shape index (κ3) is 2.75. The summed E-state index contributed by atoms with van der Waals surface area (Å²) in [5.41, 5.74) is 1.59. The first-order chi connectivity index (χ1) is 8.31. The molecule has 0 aliphatic heterocycles. The van der Waals surface area contributed by atoms with Gasteiger partial charge in [0, 0.05) is 11.6 Å². The van der Waals surface area contributed by atoms with Crippen molar-refractivity contribution in [3.63, 3.8) is 0 Å². The Morgan fingerprint density at radius 2 is 1.94 bits per heavy atom. The lowest BCUT2D eigenvalue weighted by atomic mass is 10.1. The fourth-order valence-electron chi connectivity index (χ4n) is 1.63. The molecule has 1 aromatic carbocycles. The van der Waals surface area contributed by atoms with Gasteiger partial charge in [-0.2, -0.15) is 0 Å². The zero-order valence-corrected chi connectivity index (χ0v) is 9.77. The molecular formula is C14H15NO2. The van der Waals surface area contributed by atoms with Gasteiger partial charge >= 0.3 is 0 Å². The molecule has 0 radical (unpaired) electrons. The van der Waals surface area contributed by atoms with Crippen molar-refractivity contribution in [2.75, 3.05) is 6.61 Å². The van der Waals surface area contributed by atoms with Gasteiger partial charge in [-0.1, -0.05) is 25.1 Å². The third-order valence-electron chi connectivity index (χ3n) is 2.41. The molecule has 0 saturated carbocycles. The van der Waals surface area contributed by atoms with Gasteiger partial charge in [-0.25, -0.2) is 0 Å². The molecule has 0 aliphatic rings. The Labute approximate surface area is 100 Å². The van der Waals surface area contributed by atoms with E-state index in [9.17, 15) is 4.79 Å². The van der Waals surface area contributed by atoms with E-state index in [1.807, 2.05) is 30.3 Å². The molecule has 1 heterocycles. The molecule has 3 heteroatoms. The molecular weight excluding hydrogens is 214 g/mol. The average molecular weight is 229 g/mol. The van der Waals surface area contributed by atoms with Crippen molar-refractivity contribution in [3.05, 3.63) is 52.8 Å². The van der Waals surface area contributed by atoms with Gasteiger partial charge in [0.25, 0.3) is 0 Å². The highest BCUT2D eigenvalue weighted by Gasteiger charge is 2.05. The number of aromatic amines is 1. The van der Waals surface area contributed by atoms with Gasteiger partial charge in [0.15, 0.2) is 0 Å². The van der Waals surface area contributed by atoms with Crippen LogP contribution in [0.25, 0.3) is 11.3 Å². The normalized spacial score (nSPS) is 10.2. The van der Waals surface area contributed by atoms with Crippen LogP contribution in [0, 0.1) is 0 Å². The number of rotatable bonds is 4. The summed E-state index contributed by atoms with van der Waals surface area (Å²) in [7, 11) is 0. The van der Waals surface area contributed by atoms with Crippen molar-refractivity contribution < 1.29 is 4.74 Å². The first-order valence-electron chi connectivity index (χ1n) is 5.73. The van der Waals surface area contributed by atoms with Crippen LogP contribution in [0.3, 0.4) is 0 Å². The highest BCUT2D eigenvalue weighted by atomic mass is 16.5. The summed E-state index contributed by atoms with van der Waals surface area (Å²) in [6, 6.07) is 12.8. The molecule has 0 spiro atoms. The third-order valence-corrected chi connectivity index (χ3v) is 2.41. The number of pyridine rings is 1. The minimum atomic E-state index is -0.104. The van der Waals surface area contributed by atoms with Crippen LogP contribution < -0.4 is 10.3 Å². The number of hydrogen-bond acceptors (Lipinski definition) is 2. The fourth-order valence-corrected chi connectivity index (χ4v) is 1.63. The number of ether oxygens (including phenoxy) is 1. The highest BCUT2D eigenvalue weighted by Crippen LogP contribution is 2.27. The second kappa shape index (κ2) is 5.34. The molecule has 0 aliphatic carbocycles. The number of aromatic nitrogens is 1. The Hall–Kier alpha value is -2.03. The molecule has 0 unspecified atom stereocenters. The minimum Gasteiger partial charge on any atom is -0.493 e. The summed E-state index contributed by atoms with van der Waals surface area (Å²) in [4.78, 5) is 14.1. The summed E-state index contributed by atoms with van der Waals surface area (Å²) in [5.74, 6) is 0.802. The maximum absolute atomic E-state index is 11.3. The lowest BCUT2D eigenvalue weighted by Crippen LogP contribution is -2.04. The molecule has 2 rings (SSSR count). The van der Waals surface area contributed by atoms with Gasteiger partial charge in [-0.3, -0.25) is 4.79 Å². The van der Waals surface area contributed by atoms with Crippen molar-refractivity contribution >= 4 is 0 Å². The molecule has 17 heavy (non-hydrogen) atoms. The van der Waals surface area contributed by atoms with Gasteiger partial charge in [0.1, 0.15) is 5.75 Å². The van der Waals surface area contributed by atoms with Crippen LogP contribution in [0.2, 0.25) is 0 Å². The second-order valence-electron chi connectivity index (χ2n) is 3.77. The smallest absolute Gasteiger partial charge is 0.248 e. The zero-order chi connectivity index (χ0) is 12.1. The molecule has 3 nitrogen and oxygen atoms in total. The molecule has 0 fully saturated rings.